The number of nitrogens with zero attached hydrogens (tertiary/aromatic N) is 2. The van der Waals surface area contributed by atoms with E-state index in [-0.39, 0.29) is 24.9 Å². The maximum absolute atomic E-state index is 12.4. The number of carbonyl (C=O) groups excluding carboxylic acids is 2. The predicted molar refractivity (Wildman–Crippen MR) is 90.1 cm³/mol. The molecule has 6 nitrogen and oxygen atoms in total. The predicted octanol–water partition coefficient (Wildman–Crippen LogP) is 3.59. The van der Waals surface area contributed by atoms with Gasteiger partial charge < -0.3 is 9.47 Å². The molecule has 0 spiro atoms. The van der Waals surface area contributed by atoms with Crippen molar-refractivity contribution in [3.05, 3.63) is 28.0 Å². The minimum absolute atomic E-state index is 0.0694. The largest absolute Gasteiger partial charge is 0.461 e. The van der Waals surface area contributed by atoms with E-state index in [1.165, 1.54) is 6.07 Å². The first-order chi connectivity index (χ1) is 11.1. The Morgan fingerprint density at radius 3 is 2.67 bits per heavy atom. The van der Waals surface area contributed by atoms with Crippen LogP contribution in [0.2, 0.25) is 5.02 Å². The second-order valence-corrected chi connectivity index (χ2v) is 7.20. The molecule has 2 rings (SSSR count). The van der Waals surface area contributed by atoms with Gasteiger partial charge in [0.2, 0.25) is 0 Å². The lowest BCUT2D eigenvalue weighted by atomic mass is 9.98. The summed E-state index contributed by atoms with van der Waals surface area (Å²) in [5.41, 5.74) is 1.04. The van der Waals surface area contributed by atoms with Crippen LogP contribution >= 0.6 is 11.6 Å². The highest BCUT2D eigenvalue weighted by atomic mass is 35.5. The summed E-state index contributed by atoms with van der Waals surface area (Å²) in [5.74, 6) is -0.523. The summed E-state index contributed by atoms with van der Waals surface area (Å²) >= 11 is 6.31. The van der Waals surface area contributed by atoms with Crippen LogP contribution in [0, 0.1) is 0 Å². The van der Waals surface area contributed by atoms with E-state index in [1.807, 2.05) is 27.7 Å². The molecule has 132 valence electrons. The van der Waals surface area contributed by atoms with Gasteiger partial charge >= 0.3 is 12.1 Å². The molecule has 0 N–H and O–H groups in total. The number of aromatic nitrogens is 1. The number of rotatable bonds is 2. The number of pyridine rings is 1. The molecule has 0 fully saturated rings. The van der Waals surface area contributed by atoms with Crippen LogP contribution in [0.3, 0.4) is 0 Å². The van der Waals surface area contributed by atoms with Crippen molar-refractivity contribution in [1.82, 2.24) is 9.88 Å². The van der Waals surface area contributed by atoms with Crippen molar-refractivity contribution < 1.29 is 19.1 Å². The van der Waals surface area contributed by atoms with Gasteiger partial charge in [0.05, 0.1) is 18.8 Å². The first-order valence-electron chi connectivity index (χ1n) is 7.97. The molecule has 0 bridgehead atoms. The van der Waals surface area contributed by atoms with Crippen molar-refractivity contribution in [3.8, 4) is 0 Å². The Morgan fingerprint density at radius 2 is 2.08 bits per heavy atom. The topological polar surface area (TPSA) is 68.7 Å². The van der Waals surface area contributed by atoms with Gasteiger partial charge in [-0.05, 0) is 52.7 Å². The molecule has 1 aromatic rings. The summed E-state index contributed by atoms with van der Waals surface area (Å²) < 4.78 is 10.4. The molecule has 0 radical (unpaired) electrons. The van der Waals surface area contributed by atoms with Crippen molar-refractivity contribution in [2.24, 2.45) is 0 Å². The average molecular weight is 355 g/mol. The van der Waals surface area contributed by atoms with Crippen LogP contribution in [0.15, 0.2) is 6.07 Å². The van der Waals surface area contributed by atoms with Gasteiger partial charge in [-0.2, -0.15) is 0 Å². The van der Waals surface area contributed by atoms with E-state index in [2.05, 4.69) is 4.98 Å². The SMILES string of the molecule is CCOC(=O)c1cc(Cl)c2c(n1)CN(C(=O)OC(C)(C)C)[C@H](C)C2. The summed E-state index contributed by atoms with van der Waals surface area (Å²) in [7, 11) is 0. The number of hydrogen-bond donors (Lipinski definition) is 0. The lowest BCUT2D eigenvalue weighted by Crippen LogP contribution is -2.45. The zero-order chi connectivity index (χ0) is 18.1. The fraction of sp³-hybridized carbons (Fsp3) is 0.588. The Bertz CT molecular complexity index is 655. The quantitative estimate of drug-likeness (QED) is 0.759. The zero-order valence-corrected chi connectivity index (χ0v) is 15.4. The highest BCUT2D eigenvalue weighted by Gasteiger charge is 2.32. The van der Waals surface area contributed by atoms with E-state index in [4.69, 9.17) is 21.1 Å². The molecular formula is C17H23ClN2O4. The molecule has 0 aromatic carbocycles. The molecule has 0 unspecified atom stereocenters. The van der Waals surface area contributed by atoms with E-state index in [1.54, 1.807) is 11.8 Å². The lowest BCUT2D eigenvalue weighted by Gasteiger charge is -2.35. The number of esters is 1. The van der Waals surface area contributed by atoms with Crippen LogP contribution in [0.1, 0.15) is 56.4 Å². The molecule has 0 saturated heterocycles. The summed E-state index contributed by atoms with van der Waals surface area (Å²) in [6.45, 7) is 9.63. The molecule has 0 saturated carbocycles. The fourth-order valence-electron chi connectivity index (χ4n) is 2.53. The van der Waals surface area contributed by atoms with Gasteiger partial charge in [0.1, 0.15) is 11.3 Å². The third-order valence-electron chi connectivity index (χ3n) is 3.62. The number of halogens is 1. The number of fused-ring (bicyclic) bond motifs is 1. The molecule has 0 aliphatic carbocycles. The number of carbonyl (C=O) groups is 2. The fourth-order valence-corrected chi connectivity index (χ4v) is 2.82. The number of hydrogen-bond acceptors (Lipinski definition) is 5. The standard InChI is InChI=1S/C17H23ClN2O4/c1-6-23-15(21)13-8-12(18)11-7-10(2)20(9-14(11)19-13)16(22)24-17(3,4)5/h8,10H,6-7,9H2,1-5H3/t10-/m1/s1. The third kappa shape index (κ3) is 4.17. The van der Waals surface area contributed by atoms with Crippen LogP contribution in [0.4, 0.5) is 4.79 Å². The van der Waals surface area contributed by atoms with Crippen molar-refractivity contribution >= 4 is 23.7 Å². The Balaban J connectivity index is 2.29. The van der Waals surface area contributed by atoms with Crippen LogP contribution in [-0.2, 0) is 22.4 Å². The molecule has 24 heavy (non-hydrogen) atoms. The first kappa shape index (κ1) is 18.5. The van der Waals surface area contributed by atoms with Crippen molar-refractivity contribution in [2.45, 2.75) is 59.2 Å². The number of ether oxygens (including phenoxy) is 2. The van der Waals surface area contributed by atoms with Crippen LogP contribution in [0.5, 0.6) is 0 Å². The molecule has 7 heteroatoms. The van der Waals surface area contributed by atoms with Crippen molar-refractivity contribution in [3.63, 3.8) is 0 Å². The molecule has 1 atom stereocenters. The minimum Gasteiger partial charge on any atom is -0.461 e. The third-order valence-corrected chi connectivity index (χ3v) is 3.96. The summed E-state index contributed by atoms with van der Waals surface area (Å²) in [6, 6.07) is 1.45. The van der Waals surface area contributed by atoms with Gasteiger partial charge in [-0.25, -0.2) is 14.6 Å². The summed E-state index contributed by atoms with van der Waals surface area (Å²) in [4.78, 5) is 30.2. The van der Waals surface area contributed by atoms with E-state index >= 15 is 0 Å². The summed E-state index contributed by atoms with van der Waals surface area (Å²) in [5, 5.41) is 0.471. The highest BCUT2D eigenvalue weighted by molar-refractivity contribution is 6.31. The smallest absolute Gasteiger partial charge is 0.410 e. The number of amides is 1. The van der Waals surface area contributed by atoms with Gasteiger partial charge in [-0.3, -0.25) is 4.90 Å². The van der Waals surface area contributed by atoms with E-state index < -0.39 is 17.7 Å². The van der Waals surface area contributed by atoms with E-state index in [0.29, 0.717) is 17.1 Å². The van der Waals surface area contributed by atoms with E-state index in [9.17, 15) is 9.59 Å². The maximum Gasteiger partial charge on any atom is 0.410 e. The molecule has 1 aromatic heterocycles. The molecule has 1 amide bonds. The summed E-state index contributed by atoms with van der Waals surface area (Å²) in [6.07, 6.45) is 0.156. The second kappa shape index (κ2) is 6.97. The molecule has 1 aliphatic heterocycles. The average Bonchev–Trinajstić information content (AvgIpc) is 2.45. The van der Waals surface area contributed by atoms with Gasteiger partial charge in [-0.15, -0.1) is 0 Å². The monoisotopic (exact) mass is 354 g/mol. The molecule has 2 heterocycles. The van der Waals surface area contributed by atoms with Gasteiger partial charge in [0.25, 0.3) is 0 Å². The Kier molecular flexibility index (Phi) is 5.38. The normalized spacial score (nSPS) is 17.2. The van der Waals surface area contributed by atoms with Gasteiger partial charge in [0, 0.05) is 11.1 Å². The second-order valence-electron chi connectivity index (χ2n) is 6.80. The lowest BCUT2D eigenvalue weighted by molar-refractivity contribution is 0.0134. The minimum atomic E-state index is -0.574. The van der Waals surface area contributed by atoms with Crippen LogP contribution in [0.25, 0.3) is 0 Å². The maximum atomic E-state index is 12.4. The van der Waals surface area contributed by atoms with Crippen LogP contribution < -0.4 is 0 Å². The Labute approximate surface area is 147 Å². The molecular weight excluding hydrogens is 332 g/mol. The van der Waals surface area contributed by atoms with Gasteiger partial charge in [0.15, 0.2) is 0 Å². The van der Waals surface area contributed by atoms with Crippen molar-refractivity contribution in [2.75, 3.05) is 6.61 Å². The Hall–Kier alpha value is -1.82. The van der Waals surface area contributed by atoms with E-state index in [0.717, 1.165) is 5.56 Å². The Morgan fingerprint density at radius 1 is 1.42 bits per heavy atom. The first-order valence-corrected chi connectivity index (χ1v) is 8.35. The van der Waals surface area contributed by atoms with Crippen molar-refractivity contribution in [1.29, 1.82) is 0 Å². The molecule has 1 aliphatic rings. The van der Waals surface area contributed by atoms with Crippen LogP contribution in [-0.4, -0.2) is 40.2 Å². The van der Waals surface area contributed by atoms with Gasteiger partial charge in [-0.1, -0.05) is 11.6 Å². The highest BCUT2D eigenvalue weighted by Crippen LogP contribution is 2.30. The zero-order valence-electron chi connectivity index (χ0n) is 14.7.